The fourth-order valence-corrected chi connectivity index (χ4v) is 1.94. The summed E-state index contributed by atoms with van der Waals surface area (Å²) in [5.41, 5.74) is 0.433. The standard InChI is InChI=1S/C13H10FNO3/c14-9-3-4-11-10(8-9)15(5-7-18-11)13(16)12-2-1-6-17-12/h1-4,6,8H,5,7H2. The van der Waals surface area contributed by atoms with Crippen molar-refractivity contribution in [3.63, 3.8) is 0 Å². The Bertz CT molecular complexity index is 580. The van der Waals surface area contributed by atoms with Crippen LogP contribution in [0, 0.1) is 5.82 Å². The van der Waals surface area contributed by atoms with Crippen molar-refractivity contribution in [1.82, 2.24) is 0 Å². The molecule has 3 rings (SSSR count). The molecule has 2 heterocycles. The lowest BCUT2D eigenvalue weighted by Gasteiger charge is -2.28. The molecule has 0 fully saturated rings. The van der Waals surface area contributed by atoms with E-state index in [9.17, 15) is 9.18 Å². The van der Waals surface area contributed by atoms with Gasteiger partial charge in [0.1, 0.15) is 18.2 Å². The molecule has 0 unspecified atom stereocenters. The molecule has 0 saturated heterocycles. The molecule has 1 aromatic heterocycles. The van der Waals surface area contributed by atoms with Crippen molar-refractivity contribution in [2.75, 3.05) is 18.1 Å². The smallest absolute Gasteiger partial charge is 0.294 e. The Hall–Kier alpha value is -2.30. The number of anilines is 1. The number of halogens is 1. The minimum absolute atomic E-state index is 0.229. The van der Waals surface area contributed by atoms with Crippen molar-refractivity contribution >= 4 is 11.6 Å². The molecule has 2 aromatic rings. The second-order valence-corrected chi connectivity index (χ2v) is 3.89. The van der Waals surface area contributed by atoms with Gasteiger partial charge in [-0.15, -0.1) is 0 Å². The van der Waals surface area contributed by atoms with Crippen LogP contribution >= 0.6 is 0 Å². The Balaban J connectivity index is 2.01. The first-order valence-corrected chi connectivity index (χ1v) is 5.53. The van der Waals surface area contributed by atoms with Gasteiger partial charge in [-0.05, 0) is 24.3 Å². The van der Waals surface area contributed by atoms with Gasteiger partial charge in [0.05, 0.1) is 18.5 Å². The van der Waals surface area contributed by atoms with Gasteiger partial charge in [-0.25, -0.2) is 4.39 Å². The monoisotopic (exact) mass is 247 g/mol. The van der Waals surface area contributed by atoms with Crippen molar-refractivity contribution in [3.05, 3.63) is 48.2 Å². The van der Waals surface area contributed by atoms with Gasteiger partial charge < -0.3 is 9.15 Å². The highest BCUT2D eigenvalue weighted by molar-refractivity contribution is 6.05. The van der Waals surface area contributed by atoms with Crippen molar-refractivity contribution in [2.24, 2.45) is 0 Å². The number of carbonyl (C=O) groups is 1. The van der Waals surface area contributed by atoms with Gasteiger partial charge in [0.2, 0.25) is 0 Å². The maximum absolute atomic E-state index is 13.3. The maximum Gasteiger partial charge on any atom is 0.294 e. The predicted octanol–water partition coefficient (Wildman–Crippen LogP) is 2.46. The summed E-state index contributed by atoms with van der Waals surface area (Å²) >= 11 is 0. The number of carbonyl (C=O) groups excluding carboxylic acids is 1. The molecular formula is C13H10FNO3. The van der Waals surface area contributed by atoms with Crippen LogP contribution in [0.15, 0.2) is 41.0 Å². The van der Waals surface area contributed by atoms with Gasteiger partial charge in [0, 0.05) is 6.07 Å². The maximum atomic E-state index is 13.3. The summed E-state index contributed by atoms with van der Waals surface area (Å²) in [5.74, 6) is 0.0290. The third-order valence-electron chi connectivity index (χ3n) is 2.76. The number of hydrogen-bond acceptors (Lipinski definition) is 3. The van der Waals surface area contributed by atoms with E-state index in [1.54, 1.807) is 12.1 Å². The molecule has 0 N–H and O–H groups in total. The number of benzene rings is 1. The molecule has 4 nitrogen and oxygen atoms in total. The van der Waals surface area contributed by atoms with Gasteiger partial charge in [-0.2, -0.15) is 0 Å². The van der Waals surface area contributed by atoms with E-state index in [0.29, 0.717) is 24.6 Å². The summed E-state index contributed by atoms with van der Waals surface area (Å²) in [5, 5.41) is 0. The highest BCUT2D eigenvalue weighted by atomic mass is 19.1. The normalized spacial score (nSPS) is 13.9. The van der Waals surface area contributed by atoms with E-state index in [-0.39, 0.29) is 11.7 Å². The Morgan fingerprint density at radius 1 is 1.33 bits per heavy atom. The molecular weight excluding hydrogens is 237 g/mol. The SMILES string of the molecule is O=C(c1ccco1)N1CCOc2ccc(F)cc21. The van der Waals surface area contributed by atoms with E-state index >= 15 is 0 Å². The summed E-state index contributed by atoms with van der Waals surface area (Å²) in [6.07, 6.45) is 1.43. The molecule has 1 aromatic carbocycles. The first-order chi connectivity index (χ1) is 8.75. The zero-order valence-corrected chi connectivity index (χ0v) is 9.43. The van der Waals surface area contributed by atoms with Crippen LogP contribution in [0.2, 0.25) is 0 Å². The average molecular weight is 247 g/mol. The first kappa shape index (κ1) is 10.8. The van der Waals surface area contributed by atoms with E-state index in [2.05, 4.69) is 0 Å². The molecule has 0 bridgehead atoms. The first-order valence-electron chi connectivity index (χ1n) is 5.53. The fourth-order valence-electron chi connectivity index (χ4n) is 1.94. The van der Waals surface area contributed by atoms with Crippen molar-refractivity contribution in [2.45, 2.75) is 0 Å². The number of ether oxygens (including phenoxy) is 1. The van der Waals surface area contributed by atoms with Crippen LogP contribution in [-0.2, 0) is 0 Å². The van der Waals surface area contributed by atoms with E-state index in [1.807, 2.05) is 0 Å². The fraction of sp³-hybridized carbons (Fsp3) is 0.154. The lowest BCUT2D eigenvalue weighted by Crippen LogP contribution is -2.37. The minimum atomic E-state index is -0.406. The molecule has 1 amide bonds. The van der Waals surface area contributed by atoms with Crippen LogP contribution in [0.1, 0.15) is 10.6 Å². The van der Waals surface area contributed by atoms with Crippen molar-refractivity contribution in [3.8, 4) is 5.75 Å². The molecule has 0 aliphatic carbocycles. The third kappa shape index (κ3) is 1.73. The lowest BCUT2D eigenvalue weighted by atomic mass is 10.2. The summed E-state index contributed by atoms with van der Waals surface area (Å²) in [6.45, 7) is 0.751. The number of rotatable bonds is 1. The van der Waals surface area contributed by atoms with Crippen LogP contribution in [-0.4, -0.2) is 19.1 Å². The van der Waals surface area contributed by atoms with Gasteiger partial charge in [0.25, 0.3) is 5.91 Å². The Morgan fingerprint density at radius 3 is 3.00 bits per heavy atom. The van der Waals surface area contributed by atoms with Crippen molar-refractivity contribution < 1.29 is 18.3 Å². The molecule has 18 heavy (non-hydrogen) atoms. The molecule has 0 atom stereocenters. The van der Waals surface area contributed by atoms with Gasteiger partial charge >= 0.3 is 0 Å². The molecule has 0 radical (unpaired) electrons. The second kappa shape index (κ2) is 4.18. The number of furan rings is 1. The number of amides is 1. The lowest BCUT2D eigenvalue weighted by molar-refractivity contribution is 0.0950. The quantitative estimate of drug-likeness (QED) is 0.777. The van der Waals surface area contributed by atoms with E-state index in [1.165, 1.54) is 29.4 Å². The number of nitrogens with zero attached hydrogens (tertiary/aromatic N) is 1. The Morgan fingerprint density at radius 2 is 2.22 bits per heavy atom. The van der Waals surface area contributed by atoms with Gasteiger partial charge in [-0.3, -0.25) is 9.69 Å². The predicted molar refractivity (Wildman–Crippen MR) is 62.3 cm³/mol. The number of fused-ring (bicyclic) bond motifs is 1. The van der Waals surface area contributed by atoms with Crippen LogP contribution in [0.4, 0.5) is 10.1 Å². The molecule has 92 valence electrons. The Kier molecular flexibility index (Phi) is 2.51. The topological polar surface area (TPSA) is 42.7 Å². The van der Waals surface area contributed by atoms with Gasteiger partial charge in [0.15, 0.2) is 5.76 Å². The van der Waals surface area contributed by atoms with Gasteiger partial charge in [-0.1, -0.05) is 0 Å². The molecule has 5 heteroatoms. The molecule has 0 saturated carbocycles. The highest BCUT2D eigenvalue weighted by Crippen LogP contribution is 2.33. The molecule has 0 spiro atoms. The second-order valence-electron chi connectivity index (χ2n) is 3.89. The highest BCUT2D eigenvalue weighted by Gasteiger charge is 2.26. The third-order valence-corrected chi connectivity index (χ3v) is 2.76. The van der Waals surface area contributed by atoms with Crippen molar-refractivity contribution in [1.29, 1.82) is 0 Å². The summed E-state index contributed by atoms with van der Waals surface area (Å²) in [7, 11) is 0. The summed E-state index contributed by atoms with van der Waals surface area (Å²) < 4.78 is 23.7. The van der Waals surface area contributed by atoms with E-state index in [4.69, 9.17) is 9.15 Å². The minimum Gasteiger partial charge on any atom is -0.490 e. The molecule has 1 aliphatic rings. The van der Waals surface area contributed by atoms with Crippen LogP contribution in [0.25, 0.3) is 0 Å². The summed E-state index contributed by atoms with van der Waals surface area (Å²) in [6, 6.07) is 7.33. The molecule has 1 aliphatic heterocycles. The largest absolute Gasteiger partial charge is 0.490 e. The zero-order valence-electron chi connectivity index (χ0n) is 9.43. The van der Waals surface area contributed by atoms with Crippen LogP contribution in [0.5, 0.6) is 5.75 Å². The summed E-state index contributed by atoms with van der Waals surface area (Å²) in [4.78, 5) is 13.6. The number of hydrogen-bond donors (Lipinski definition) is 0. The Labute approximate surface area is 103 Å². The van der Waals surface area contributed by atoms with Crippen LogP contribution < -0.4 is 9.64 Å². The van der Waals surface area contributed by atoms with Crippen LogP contribution in [0.3, 0.4) is 0 Å². The van der Waals surface area contributed by atoms with E-state index < -0.39 is 5.82 Å². The van der Waals surface area contributed by atoms with E-state index in [0.717, 1.165) is 0 Å². The zero-order chi connectivity index (χ0) is 12.5. The average Bonchev–Trinajstić information content (AvgIpc) is 2.91.